The minimum atomic E-state index is -0.385. The maximum atomic E-state index is 10.9. The minimum absolute atomic E-state index is 0.0635. The fourth-order valence-electron chi connectivity index (χ4n) is 1.42. The lowest BCUT2D eigenvalue weighted by atomic mass is 9.94. The van der Waals surface area contributed by atoms with Crippen molar-refractivity contribution in [1.29, 1.82) is 0 Å². The predicted molar refractivity (Wildman–Crippen MR) is 43.8 cm³/mol. The molecule has 1 aliphatic rings. The van der Waals surface area contributed by atoms with Crippen LogP contribution in [0, 0.1) is 0 Å². The summed E-state index contributed by atoms with van der Waals surface area (Å²) >= 11 is 0. The Morgan fingerprint density at radius 2 is 2.42 bits per heavy atom. The molecular weight excluding hydrogens is 158 g/mol. The number of carbonyl (C=O) groups is 1. The van der Waals surface area contributed by atoms with Crippen LogP contribution in [0.2, 0.25) is 0 Å². The van der Waals surface area contributed by atoms with Crippen molar-refractivity contribution in [2.75, 3.05) is 6.61 Å². The molecule has 0 aromatic rings. The number of ether oxygens (including phenoxy) is 1. The first-order valence-electron chi connectivity index (χ1n) is 4.13. The Labute approximate surface area is 71.9 Å². The first kappa shape index (κ1) is 9.32. The normalized spacial score (nSPS) is 27.6. The largest absolute Gasteiger partial charge is 0.446 e. The van der Waals surface area contributed by atoms with Crippen molar-refractivity contribution in [3.63, 3.8) is 0 Å². The molecule has 1 amide bonds. The number of aliphatic hydroxyl groups excluding tert-OH is 1. The highest BCUT2D eigenvalue weighted by molar-refractivity contribution is 5.69. The van der Waals surface area contributed by atoms with E-state index in [1.54, 1.807) is 0 Å². The lowest BCUT2D eigenvalue weighted by Crippen LogP contribution is -2.52. The van der Waals surface area contributed by atoms with Crippen LogP contribution in [0.15, 0.2) is 0 Å². The number of alkyl carbamates (subject to hydrolysis) is 1. The van der Waals surface area contributed by atoms with Gasteiger partial charge in [0, 0.05) is 25.0 Å². The summed E-state index contributed by atoms with van der Waals surface area (Å²) in [6.07, 6.45) is 0.749. The highest BCUT2D eigenvalue weighted by Crippen LogP contribution is 2.20. The number of cyclic esters (lactones) is 1. The number of rotatable bonds is 2. The molecule has 0 aromatic heterocycles. The molecule has 1 aliphatic heterocycles. The smallest absolute Gasteiger partial charge is 0.407 e. The van der Waals surface area contributed by atoms with E-state index in [2.05, 4.69) is 5.32 Å². The molecular formula is C8H15NO3. The summed E-state index contributed by atoms with van der Waals surface area (Å²) in [5.41, 5.74) is -0.213. The van der Waals surface area contributed by atoms with Crippen LogP contribution in [-0.4, -0.2) is 29.4 Å². The van der Waals surface area contributed by atoms with Crippen LogP contribution in [0.3, 0.4) is 0 Å². The van der Waals surface area contributed by atoms with Crippen molar-refractivity contribution in [2.45, 2.75) is 38.3 Å². The molecule has 0 bridgehead atoms. The second kappa shape index (κ2) is 3.31. The monoisotopic (exact) mass is 173 g/mol. The van der Waals surface area contributed by atoms with Gasteiger partial charge in [-0.1, -0.05) is 0 Å². The molecule has 1 saturated heterocycles. The zero-order chi connectivity index (χ0) is 9.19. The van der Waals surface area contributed by atoms with E-state index < -0.39 is 0 Å². The third-order valence-electron chi connectivity index (χ3n) is 1.90. The van der Waals surface area contributed by atoms with Gasteiger partial charge in [0.1, 0.15) is 6.10 Å². The number of aliphatic hydroxyl groups is 1. The van der Waals surface area contributed by atoms with Gasteiger partial charge in [-0.3, -0.25) is 0 Å². The number of amides is 1. The summed E-state index contributed by atoms with van der Waals surface area (Å²) in [7, 11) is 0. The molecule has 0 saturated carbocycles. The Bertz CT molecular complexity index is 179. The average molecular weight is 173 g/mol. The zero-order valence-electron chi connectivity index (χ0n) is 7.46. The summed E-state index contributed by atoms with van der Waals surface area (Å²) in [6.45, 7) is 3.95. The standard InChI is InChI=1S/C8H15NO3/c1-8(2)5-6(3-4-10)12-7(11)9-8/h6,10H,3-5H2,1-2H3,(H,9,11). The van der Waals surface area contributed by atoms with Crippen LogP contribution in [0.5, 0.6) is 0 Å². The molecule has 0 radical (unpaired) electrons. The van der Waals surface area contributed by atoms with Crippen LogP contribution in [-0.2, 0) is 4.74 Å². The van der Waals surface area contributed by atoms with Crippen molar-refractivity contribution >= 4 is 6.09 Å². The first-order valence-corrected chi connectivity index (χ1v) is 4.13. The van der Waals surface area contributed by atoms with Crippen LogP contribution in [0.25, 0.3) is 0 Å². The van der Waals surface area contributed by atoms with E-state index in [4.69, 9.17) is 9.84 Å². The van der Waals surface area contributed by atoms with Crippen molar-refractivity contribution in [3.8, 4) is 0 Å². The molecule has 4 heteroatoms. The van der Waals surface area contributed by atoms with Gasteiger partial charge < -0.3 is 15.2 Å². The fraction of sp³-hybridized carbons (Fsp3) is 0.875. The van der Waals surface area contributed by atoms with Gasteiger partial charge in [-0.25, -0.2) is 4.79 Å². The molecule has 12 heavy (non-hydrogen) atoms. The Hall–Kier alpha value is -0.770. The molecule has 1 unspecified atom stereocenters. The predicted octanol–water partition coefficient (Wildman–Crippen LogP) is 0.646. The second-order valence-corrected chi connectivity index (χ2v) is 3.75. The Kier molecular flexibility index (Phi) is 2.57. The SMILES string of the molecule is CC1(C)CC(CCO)OC(=O)N1. The molecule has 70 valence electrons. The lowest BCUT2D eigenvalue weighted by Gasteiger charge is -2.35. The molecule has 4 nitrogen and oxygen atoms in total. The molecule has 2 N–H and O–H groups in total. The van der Waals surface area contributed by atoms with E-state index in [1.807, 2.05) is 13.8 Å². The van der Waals surface area contributed by atoms with Crippen molar-refractivity contribution < 1.29 is 14.6 Å². The molecule has 1 rings (SSSR count). The topological polar surface area (TPSA) is 58.6 Å². The maximum Gasteiger partial charge on any atom is 0.407 e. The molecule has 0 spiro atoms. The molecule has 1 fully saturated rings. The number of hydrogen-bond donors (Lipinski definition) is 2. The van der Waals surface area contributed by atoms with E-state index in [0.29, 0.717) is 6.42 Å². The average Bonchev–Trinajstić information content (AvgIpc) is 1.82. The third-order valence-corrected chi connectivity index (χ3v) is 1.90. The summed E-state index contributed by atoms with van der Waals surface area (Å²) in [5.74, 6) is 0. The van der Waals surface area contributed by atoms with Crippen molar-refractivity contribution in [1.82, 2.24) is 5.32 Å². The van der Waals surface area contributed by atoms with Crippen molar-refractivity contribution in [2.24, 2.45) is 0 Å². The third kappa shape index (κ3) is 2.37. The number of nitrogens with one attached hydrogen (secondary N) is 1. The molecule has 0 aliphatic carbocycles. The quantitative estimate of drug-likeness (QED) is 0.644. The first-order chi connectivity index (χ1) is 5.53. The Balaban J connectivity index is 2.51. The van der Waals surface area contributed by atoms with E-state index in [0.717, 1.165) is 6.42 Å². The second-order valence-electron chi connectivity index (χ2n) is 3.75. The summed E-state index contributed by atoms with van der Waals surface area (Å²) in [5, 5.41) is 11.4. The summed E-state index contributed by atoms with van der Waals surface area (Å²) in [4.78, 5) is 10.9. The van der Waals surface area contributed by atoms with Crippen LogP contribution < -0.4 is 5.32 Å². The highest BCUT2D eigenvalue weighted by Gasteiger charge is 2.32. The molecule has 0 aromatic carbocycles. The van der Waals surface area contributed by atoms with Crippen LogP contribution >= 0.6 is 0 Å². The number of hydrogen-bond acceptors (Lipinski definition) is 3. The van der Waals surface area contributed by atoms with Gasteiger partial charge >= 0.3 is 6.09 Å². The van der Waals surface area contributed by atoms with E-state index >= 15 is 0 Å². The Morgan fingerprint density at radius 3 is 2.92 bits per heavy atom. The van der Waals surface area contributed by atoms with Gasteiger partial charge in [0.05, 0.1) is 0 Å². The van der Waals surface area contributed by atoms with Crippen LogP contribution in [0.4, 0.5) is 4.79 Å². The van der Waals surface area contributed by atoms with E-state index in [9.17, 15) is 4.79 Å². The van der Waals surface area contributed by atoms with Gasteiger partial charge in [-0.2, -0.15) is 0 Å². The van der Waals surface area contributed by atoms with Crippen LogP contribution in [0.1, 0.15) is 26.7 Å². The van der Waals surface area contributed by atoms with Gasteiger partial charge in [-0.05, 0) is 13.8 Å². The highest BCUT2D eigenvalue weighted by atomic mass is 16.6. The van der Waals surface area contributed by atoms with Gasteiger partial charge in [0.25, 0.3) is 0 Å². The van der Waals surface area contributed by atoms with E-state index in [-0.39, 0.29) is 24.3 Å². The minimum Gasteiger partial charge on any atom is -0.446 e. The van der Waals surface area contributed by atoms with Gasteiger partial charge in [0.15, 0.2) is 0 Å². The zero-order valence-corrected chi connectivity index (χ0v) is 7.46. The van der Waals surface area contributed by atoms with Gasteiger partial charge in [0.2, 0.25) is 0 Å². The number of carbonyl (C=O) groups excluding carboxylic acids is 1. The molecule has 1 atom stereocenters. The van der Waals surface area contributed by atoms with Gasteiger partial charge in [-0.15, -0.1) is 0 Å². The Morgan fingerprint density at radius 1 is 1.75 bits per heavy atom. The molecule has 1 heterocycles. The van der Waals surface area contributed by atoms with Crippen molar-refractivity contribution in [3.05, 3.63) is 0 Å². The fourth-order valence-corrected chi connectivity index (χ4v) is 1.42. The summed E-state index contributed by atoms with van der Waals surface area (Å²) in [6, 6.07) is 0. The maximum absolute atomic E-state index is 10.9. The lowest BCUT2D eigenvalue weighted by molar-refractivity contribution is 0.0282. The van der Waals surface area contributed by atoms with E-state index in [1.165, 1.54) is 0 Å². The summed E-state index contributed by atoms with van der Waals surface area (Å²) < 4.78 is 4.95.